The van der Waals surface area contributed by atoms with Crippen LogP contribution in [0.4, 0.5) is 5.13 Å². The summed E-state index contributed by atoms with van der Waals surface area (Å²) in [5.41, 5.74) is 2.10. The van der Waals surface area contributed by atoms with Gasteiger partial charge in [-0.25, -0.2) is 4.98 Å². The van der Waals surface area contributed by atoms with Gasteiger partial charge < -0.3 is 5.32 Å². The number of aromatic nitrogens is 1. The summed E-state index contributed by atoms with van der Waals surface area (Å²) in [7, 11) is 0. The van der Waals surface area contributed by atoms with Crippen molar-refractivity contribution in [3.05, 3.63) is 58.1 Å². The van der Waals surface area contributed by atoms with Gasteiger partial charge in [0.2, 0.25) is 0 Å². The molecule has 1 aromatic heterocycles. The van der Waals surface area contributed by atoms with E-state index in [2.05, 4.69) is 17.2 Å². The van der Waals surface area contributed by atoms with Gasteiger partial charge in [-0.2, -0.15) is 0 Å². The van der Waals surface area contributed by atoms with Crippen molar-refractivity contribution in [3.8, 4) is 0 Å². The number of hydrogen-bond acceptors (Lipinski definition) is 3. The normalized spacial score (nSPS) is 12.6. The standard InChI is InChI=1S/C15H12Cl2N2S/c1-9(10-2-4-11(16)5-3-10)18-15-19-13-8-12(17)6-7-14(13)20-15/h2-9H,1H3,(H,18,19). The van der Waals surface area contributed by atoms with Crippen molar-refractivity contribution in [2.45, 2.75) is 13.0 Å². The van der Waals surface area contributed by atoms with E-state index in [0.29, 0.717) is 5.02 Å². The van der Waals surface area contributed by atoms with Crippen molar-refractivity contribution in [2.24, 2.45) is 0 Å². The van der Waals surface area contributed by atoms with Crippen molar-refractivity contribution in [1.82, 2.24) is 4.98 Å². The van der Waals surface area contributed by atoms with E-state index in [1.807, 2.05) is 42.5 Å². The molecule has 0 fully saturated rings. The number of anilines is 1. The zero-order valence-electron chi connectivity index (χ0n) is 10.7. The van der Waals surface area contributed by atoms with E-state index >= 15 is 0 Å². The molecule has 5 heteroatoms. The molecule has 1 atom stereocenters. The zero-order valence-corrected chi connectivity index (χ0v) is 13.1. The number of nitrogens with zero attached hydrogens (tertiary/aromatic N) is 1. The van der Waals surface area contributed by atoms with Crippen LogP contribution in [0.15, 0.2) is 42.5 Å². The van der Waals surface area contributed by atoms with E-state index in [-0.39, 0.29) is 6.04 Å². The number of nitrogens with one attached hydrogen (secondary N) is 1. The van der Waals surface area contributed by atoms with Gasteiger partial charge in [0.15, 0.2) is 5.13 Å². The van der Waals surface area contributed by atoms with E-state index < -0.39 is 0 Å². The Kier molecular flexibility index (Phi) is 3.83. The number of fused-ring (bicyclic) bond motifs is 1. The number of thiazole rings is 1. The van der Waals surface area contributed by atoms with Crippen LogP contribution in [0.3, 0.4) is 0 Å². The quantitative estimate of drug-likeness (QED) is 0.661. The third kappa shape index (κ3) is 2.90. The number of benzene rings is 2. The summed E-state index contributed by atoms with van der Waals surface area (Å²) in [6, 6.07) is 13.8. The fraction of sp³-hybridized carbons (Fsp3) is 0.133. The summed E-state index contributed by atoms with van der Waals surface area (Å²) in [5.74, 6) is 0. The van der Waals surface area contributed by atoms with Crippen LogP contribution in [-0.2, 0) is 0 Å². The first-order valence-corrected chi connectivity index (χ1v) is 7.77. The summed E-state index contributed by atoms with van der Waals surface area (Å²) in [6.07, 6.45) is 0. The fourth-order valence-electron chi connectivity index (χ4n) is 1.98. The lowest BCUT2D eigenvalue weighted by molar-refractivity contribution is 0.883. The molecule has 0 spiro atoms. The Labute approximate surface area is 131 Å². The average molecular weight is 323 g/mol. The highest BCUT2D eigenvalue weighted by Gasteiger charge is 2.09. The summed E-state index contributed by atoms with van der Waals surface area (Å²) in [5, 5.41) is 5.76. The minimum Gasteiger partial charge on any atom is -0.355 e. The molecule has 0 bridgehead atoms. The second-order valence-corrected chi connectivity index (χ2v) is 6.45. The van der Waals surface area contributed by atoms with E-state index in [0.717, 1.165) is 20.4 Å². The molecule has 2 aromatic carbocycles. The Hall–Kier alpha value is -1.29. The summed E-state index contributed by atoms with van der Waals surface area (Å²) >= 11 is 13.5. The minimum atomic E-state index is 0.170. The molecule has 0 aliphatic carbocycles. The van der Waals surface area contributed by atoms with Crippen molar-refractivity contribution in [2.75, 3.05) is 5.32 Å². The van der Waals surface area contributed by atoms with Crippen LogP contribution >= 0.6 is 34.5 Å². The lowest BCUT2D eigenvalue weighted by Gasteiger charge is -2.13. The second-order valence-electron chi connectivity index (χ2n) is 4.55. The highest BCUT2D eigenvalue weighted by atomic mass is 35.5. The molecule has 0 aliphatic heterocycles. The molecule has 3 aromatic rings. The van der Waals surface area contributed by atoms with Crippen LogP contribution in [0.25, 0.3) is 10.2 Å². The van der Waals surface area contributed by atoms with E-state index in [4.69, 9.17) is 23.2 Å². The van der Waals surface area contributed by atoms with Crippen LogP contribution in [-0.4, -0.2) is 4.98 Å². The van der Waals surface area contributed by atoms with Gasteiger partial charge in [0.1, 0.15) is 0 Å². The van der Waals surface area contributed by atoms with Gasteiger partial charge in [-0.1, -0.05) is 46.7 Å². The summed E-state index contributed by atoms with van der Waals surface area (Å²) in [4.78, 5) is 4.55. The Morgan fingerprint density at radius 2 is 1.75 bits per heavy atom. The summed E-state index contributed by atoms with van der Waals surface area (Å²) in [6.45, 7) is 2.10. The molecular formula is C15H12Cl2N2S. The maximum atomic E-state index is 5.98. The zero-order chi connectivity index (χ0) is 14.1. The first kappa shape index (κ1) is 13.7. The van der Waals surface area contributed by atoms with Gasteiger partial charge in [-0.15, -0.1) is 0 Å². The maximum absolute atomic E-state index is 5.98. The highest BCUT2D eigenvalue weighted by molar-refractivity contribution is 7.22. The molecule has 2 nitrogen and oxygen atoms in total. The molecular weight excluding hydrogens is 311 g/mol. The van der Waals surface area contributed by atoms with Gasteiger partial charge in [-0.05, 0) is 42.8 Å². The minimum absolute atomic E-state index is 0.170. The highest BCUT2D eigenvalue weighted by Crippen LogP contribution is 2.30. The van der Waals surface area contributed by atoms with Gasteiger partial charge in [-0.3, -0.25) is 0 Å². The van der Waals surface area contributed by atoms with Crippen LogP contribution in [0.2, 0.25) is 10.0 Å². The van der Waals surface area contributed by atoms with Crippen LogP contribution in [0.5, 0.6) is 0 Å². The van der Waals surface area contributed by atoms with Crippen LogP contribution in [0.1, 0.15) is 18.5 Å². The van der Waals surface area contributed by atoms with Gasteiger partial charge in [0.25, 0.3) is 0 Å². The van der Waals surface area contributed by atoms with Crippen molar-refractivity contribution in [3.63, 3.8) is 0 Å². The Balaban J connectivity index is 1.83. The predicted octanol–water partition coefficient (Wildman–Crippen LogP) is 5.78. The lowest BCUT2D eigenvalue weighted by Crippen LogP contribution is -2.05. The number of halogens is 2. The molecule has 0 saturated heterocycles. The molecule has 1 N–H and O–H groups in total. The first-order chi connectivity index (χ1) is 9.61. The Bertz CT molecular complexity index is 737. The predicted molar refractivity (Wildman–Crippen MR) is 88.1 cm³/mol. The molecule has 102 valence electrons. The third-order valence-electron chi connectivity index (χ3n) is 3.06. The third-order valence-corrected chi connectivity index (χ3v) is 4.51. The van der Waals surface area contributed by atoms with Crippen LogP contribution in [0, 0.1) is 0 Å². The lowest BCUT2D eigenvalue weighted by atomic mass is 10.1. The molecule has 3 rings (SSSR count). The van der Waals surface area contributed by atoms with Crippen molar-refractivity contribution >= 4 is 49.9 Å². The molecule has 20 heavy (non-hydrogen) atoms. The average Bonchev–Trinajstić information content (AvgIpc) is 2.80. The SMILES string of the molecule is CC(Nc1nc2cc(Cl)ccc2s1)c1ccc(Cl)cc1. The largest absolute Gasteiger partial charge is 0.355 e. The van der Waals surface area contributed by atoms with E-state index in [9.17, 15) is 0 Å². The Morgan fingerprint density at radius 1 is 1.05 bits per heavy atom. The van der Waals surface area contributed by atoms with Crippen LogP contribution < -0.4 is 5.32 Å². The van der Waals surface area contributed by atoms with Gasteiger partial charge in [0.05, 0.1) is 16.3 Å². The van der Waals surface area contributed by atoms with E-state index in [1.54, 1.807) is 11.3 Å². The van der Waals surface area contributed by atoms with E-state index in [1.165, 1.54) is 5.56 Å². The van der Waals surface area contributed by atoms with Gasteiger partial charge in [0, 0.05) is 10.0 Å². The number of rotatable bonds is 3. The van der Waals surface area contributed by atoms with Gasteiger partial charge >= 0.3 is 0 Å². The molecule has 0 saturated carbocycles. The topological polar surface area (TPSA) is 24.9 Å². The monoisotopic (exact) mass is 322 g/mol. The molecule has 0 radical (unpaired) electrons. The molecule has 1 heterocycles. The Morgan fingerprint density at radius 3 is 2.50 bits per heavy atom. The maximum Gasteiger partial charge on any atom is 0.184 e. The molecule has 0 aliphatic rings. The number of hydrogen-bond donors (Lipinski definition) is 1. The van der Waals surface area contributed by atoms with Crippen molar-refractivity contribution in [1.29, 1.82) is 0 Å². The first-order valence-electron chi connectivity index (χ1n) is 6.20. The molecule has 0 amide bonds. The van der Waals surface area contributed by atoms with Crippen molar-refractivity contribution < 1.29 is 0 Å². The second kappa shape index (κ2) is 5.60. The summed E-state index contributed by atoms with van der Waals surface area (Å²) < 4.78 is 1.13. The smallest absolute Gasteiger partial charge is 0.184 e. The fourth-order valence-corrected chi connectivity index (χ4v) is 3.21. The molecule has 1 unspecified atom stereocenters.